The van der Waals surface area contributed by atoms with Crippen LogP contribution in [0.25, 0.3) is 0 Å². The molecule has 0 radical (unpaired) electrons. The van der Waals surface area contributed by atoms with Gasteiger partial charge in [0.25, 0.3) is 0 Å². The molecule has 1 heterocycles. The minimum absolute atomic E-state index is 0.320. The lowest BCUT2D eigenvalue weighted by Gasteiger charge is -2.44. The largest absolute Gasteiger partial charge is 0.376 e. The van der Waals surface area contributed by atoms with Gasteiger partial charge in [-0.15, -0.1) is 0 Å². The molecular weight excluding hydrogens is 174 g/mol. The molecule has 0 aromatic carbocycles. The predicted octanol–water partition coefficient (Wildman–Crippen LogP) is 1.93. The van der Waals surface area contributed by atoms with Crippen molar-refractivity contribution in [1.82, 2.24) is 0 Å². The summed E-state index contributed by atoms with van der Waals surface area (Å²) in [5, 5.41) is 0. The first-order valence-electron chi connectivity index (χ1n) is 6.20. The van der Waals surface area contributed by atoms with Gasteiger partial charge in [-0.3, -0.25) is 0 Å². The number of rotatable bonds is 1. The Morgan fingerprint density at radius 1 is 1.00 bits per heavy atom. The summed E-state index contributed by atoms with van der Waals surface area (Å²) in [4.78, 5) is 0. The third kappa shape index (κ3) is 1.49. The summed E-state index contributed by atoms with van der Waals surface area (Å²) in [5.74, 6) is 2.84. The highest BCUT2D eigenvalue weighted by atomic mass is 16.5. The van der Waals surface area contributed by atoms with Crippen molar-refractivity contribution in [2.45, 2.75) is 50.7 Å². The van der Waals surface area contributed by atoms with E-state index in [9.17, 15) is 0 Å². The highest BCUT2D eigenvalue weighted by Crippen LogP contribution is 2.48. The zero-order valence-corrected chi connectivity index (χ0v) is 8.82. The standard InChI is InChI=1S/C12H21NO/c13-10-6-12(14-7-10)11-5-8-1-3-9(11)4-2-8/h8-12H,1-7,13H2. The number of nitrogens with two attached hydrogens (primary N) is 1. The second-order valence-corrected chi connectivity index (χ2v) is 5.55. The lowest BCUT2D eigenvalue weighted by Crippen LogP contribution is -2.38. The molecule has 0 aromatic rings. The van der Waals surface area contributed by atoms with E-state index in [-0.39, 0.29) is 0 Å². The van der Waals surface area contributed by atoms with Crippen LogP contribution in [-0.4, -0.2) is 18.8 Å². The second kappa shape index (κ2) is 3.49. The summed E-state index contributed by atoms with van der Waals surface area (Å²) >= 11 is 0. The molecule has 0 amide bonds. The quantitative estimate of drug-likeness (QED) is 0.694. The van der Waals surface area contributed by atoms with Crippen LogP contribution < -0.4 is 5.73 Å². The van der Waals surface area contributed by atoms with E-state index in [0.717, 1.165) is 30.8 Å². The first kappa shape index (κ1) is 9.17. The smallest absolute Gasteiger partial charge is 0.0622 e. The zero-order chi connectivity index (χ0) is 9.54. The highest BCUT2D eigenvalue weighted by Gasteiger charge is 2.42. The highest BCUT2D eigenvalue weighted by molar-refractivity contribution is 4.93. The summed E-state index contributed by atoms with van der Waals surface area (Å²) in [6.45, 7) is 0.804. The van der Waals surface area contributed by atoms with Crippen molar-refractivity contribution in [3.8, 4) is 0 Å². The van der Waals surface area contributed by atoms with Crippen molar-refractivity contribution in [3.05, 3.63) is 0 Å². The van der Waals surface area contributed by atoms with Gasteiger partial charge in [0.2, 0.25) is 0 Å². The SMILES string of the molecule is NC1COC(C2CC3CCC2CC3)C1. The summed E-state index contributed by atoms with van der Waals surface area (Å²) < 4.78 is 5.83. The van der Waals surface area contributed by atoms with Crippen LogP contribution in [0, 0.1) is 17.8 Å². The van der Waals surface area contributed by atoms with Gasteiger partial charge in [-0.1, -0.05) is 12.8 Å². The Balaban J connectivity index is 1.67. The van der Waals surface area contributed by atoms with Crippen molar-refractivity contribution >= 4 is 0 Å². The molecular formula is C12H21NO. The van der Waals surface area contributed by atoms with Gasteiger partial charge in [0.15, 0.2) is 0 Å². The van der Waals surface area contributed by atoms with Gasteiger partial charge in [-0.25, -0.2) is 0 Å². The molecule has 3 saturated carbocycles. The van der Waals surface area contributed by atoms with E-state index >= 15 is 0 Å². The maximum Gasteiger partial charge on any atom is 0.0622 e. The van der Waals surface area contributed by atoms with Crippen molar-refractivity contribution in [2.75, 3.05) is 6.61 Å². The van der Waals surface area contributed by atoms with E-state index < -0.39 is 0 Å². The van der Waals surface area contributed by atoms with Crippen LogP contribution >= 0.6 is 0 Å². The van der Waals surface area contributed by atoms with Gasteiger partial charge < -0.3 is 10.5 Å². The van der Waals surface area contributed by atoms with Gasteiger partial charge in [0, 0.05) is 6.04 Å². The maximum atomic E-state index is 5.90. The molecule has 3 unspecified atom stereocenters. The molecule has 3 aliphatic carbocycles. The number of hydrogen-bond acceptors (Lipinski definition) is 2. The van der Waals surface area contributed by atoms with Gasteiger partial charge >= 0.3 is 0 Å². The molecule has 2 heteroatoms. The molecule has 4 aliphatic rings. The molecule has 0 aromatic heterocycles. The van der Waals surface area contributed by atoms with Gasteiger partial charge in [0.05, 0.1) is 12.7 Å². The molecule has 1 aliphatic heterocycles. The maximum absolute atomic E-state index is 5.90. The Kier molecular flexibility index (Phi) is 2.29. The second-order valence-electron chi connectivity index (χ2n) is 5.55. The fourth-order valence-electron chi connectivity index (χ4n) is 3.86. The van der Waals surface area contributed by atoms with Crippen LogP contribution in [0.4, 0.5) is 0 Å². The minimum atomic E-state index is 0.320. The fraction of sp³-hybridized carbons (Fsp3) is 1.00. The molecule has 2 bridgehead atoms. The topological polar surface area (TPSA) is 35.2 Å². The molecule has 4 rings (SSSR count). The molecule has 1 saturated heterocycles. The first-order valence-corrected chi connectivity index (χ1v) is 6.20. The van der Waals surface area contributed by atoms with E-state index in [4.69, 9.17) is 10.5 Å². The molecule has 2 nitrogen and oxygen atoms in total. The van der Waals surface area contributed by atoms with Crippen molar-refractivity contribution in [3.63, 3.8) is 0 Å². The van der Waals surface area contributed by atoms with E-state index in [1.54, 1.807) is 0 Å². The average molecular weight is 195 g/mol. The Hall–Kier alpha value is -0.0800. The summed E-state index contributed by atoms with van der Waals surface area (Å²) in [7, 11) is 0. The van der Waals surface area contributed by atoms with E-state index in [1.807, 2.05) is 0 Å². The predicted molar refractivity (Wildman–Crippen MR) is 55.9 cm³/mol. The van der Waals surface area contributed by atoms with E-state index in [0.29, 0.717) is 12.1 Å². The summed E-state index contributed by atoms with van der Waals surface area (Å²) in [6, 6.07) is 0.320. The summed E-state index contributed by atoms with van der Waals surface area (Å²) in [5.41, 5.74) is 5.90. The number of hydrogen-bond donors (Lipinski definition) is 1. The average Bonchev–Trinajstić information content (AvgIpc) is 2.66. The molecule has 0 spiro atoms. The van der Waals surface area contributed by atoms with Crippen LogP contribution in [0.1, 0.15) is 38.5 Å². The molecule has 14 heavy (non-hydrogen) atoms. The van der Waals surface area contributed by atoms with Gasteiger partial charge in [-0.05, 0) is 43.4 Å². The number of fused-ring (bicyclic) bond motifs is 3. The van der Waals surface area contributed by atoms with Crippen molar-refractivity contribution in [1.29, 1.82) is 0 Å². The van der Waals surface area contributed by atoms with Crippen molar-refractivity contribution in [2.24, 2.45) is 23.5 Å². The number of ether oxygens (including phenoxy) is 1. The van der Waals surface area contributed by atoms with Gasteiger partial charge in [-0.2, -0.15) is 0 Å². The Morgan fingerprint density at radius 2 is 1.79 bits per heavy atom. The van der Waals surface area contributed by atoms with Crippen molar-refractivity contribution < 1.29 is 4.74 Å². The first-order chi connectivity index (χ1) is 6.83. The zero-order valence-electron chi connectivity index (χ0n) is 8.82. The minimum Gasteiger partial charge on any atom is -0.376 e. The van der Waals surface area contributed by atoms with E-state index in [1.165, 1.54) is 32.1 Å². The third-order valence-electron chi connectivity index (χ3n) is 4.64. The van der Waals surface area contributed by atoms with Crippen LogP contribution in [0.3, 0.4) is 0 Å². The molecule has 3 atom stereocenters. The van der Waals surface area contributed by atoms with E-state index in [2.05, 4.69) is 0 Å². The lowest BCUT2D eigenvalue weighted by atomic mass is 9.63. The van der Waals surface area contributed by atoms with Crippen LogP contribution in [0.15, 0.2) is 0 Å². The molecule has 2 N–H and O–H groups in total. The Bertz CT molecular complexity index is 210. The van der Waals surface area contributed by atoms with Gasteiger partial charge in [0.1, 0.15) is 0 Å². The molecule has 4 fully saturated rings. The fourth-order valence-corrected chi connectivity index (χ4v) is 3.86. The Labute approximate surface area is 86.2 Å². The third-order valence-corrected chi connectivity index (χ3v) is 4.64. The van der Waals surface area contributed by atoms with Crippen LogP contribution in [0.5, 0.6) is 0 Å². The monoisotopic (exact) mass is 195 g/mol. The Morgan fingerprint density at radius 3 is 2.29 bits per heavy atom. The van der Waals surface area contributed by atoms with Crippen LogP contribution in [0.2, 0.25) is 0 Å². The van der Waals surface area contributed by atoms with Crippen LogP contribution in [-0.2, 0) is 4.74 Å². The summed E-state index contributed by atoms with van der Waals surface area (Å²) in [6.07, 6.45) is 8.96. The normalized spacial score (nSPS) is 52.5. The molecule has 80 valence electrons. The lowest BCUT2D eigenvalue weighted by molar-refractivity contribution is -0.0192.